The molecule has 2 saturated carbocycles. The van der Waals surface area contributed by atoms with Crippen LogP contribution >= 0.6 is 23.2 Å². The van der Waals surface area contributed by atoms with E-state index < -0.39 is 53.6 Å². The van der Waals surface area contributed by atoms with Crippen LogP contribution in [0.2, 0.25) is 10.0 Å². The highest BCUT2D eigenvalue weighted by molar-refractivity contribution is 7.91. The number of sulfonamides is 2. The van der Waals surface area contributed by atoms with Crippen LogP contribution in [0, 0.1) is 49.4 Å². The van der Waals surface area contributed by atoms with Crippen molar-refractivity contribution in [2.24, 2.45) is 35.5 Å². The first kappa shape index (κ1) is 67.8. The first-order chi connectivity index (χ1) is 45.8. The number of aromatic nitrogens is 2. The van der Waals surface area contributed by atoms with E-state index in [0.717, 1.165) is 108 Å². The molecule has 14 rings (SSSR count). The fourth-order valence-electron chi connectivity index (χ4n) is 16.6. The number of carbonyl (C=O) groups is 2. The predicted octanol–water partition coefficient (Wildman–Crippen LogP) is 12.9. The maximum atomic E-state index is 13.5. The molecule has 4 aromatic carbocycles. The molecule has 6 heterocycles. The van der Waals surface area contributed by atoms with E-state index in [0.29, 0.717) is 63.7 Å². The van der Waals surface area contributed by atoms with E-state index >= 15 is 0 Å². The van der Waals surface area contributed by atoms with Gasteiger partial charge in [-0.2, -0.15) is 0 Å². The molecular weight excluding hydrogens is 1290 g/mol. The average Bonchev–Trinajstić information content (AvgIpc) is 1.33. The van der Waals surface area contributed by atoms with E-state index in [9.17, 15) is 36.6 Å². The van der Waals surface area contributed by atoms with Crippen molar-refractivity contribution in [3.8, 4) is 11.5 Å². The Morgan fingerprint density at radius 1 is 0.552 bits per heavy atom. The molecule has 16 nitrogen and oxygen atoms in total. The molecular formula is C76H88Cl2N6O10S2. The van der Waals surface area contributed by atoms with Gasteiger partial charge >= 0.3 is 0 Å². The van der Waals surface area contributed by atoms with Gasteiger partial charge in [0.1, 0.15) is 22.7 Å². The van der Waals surface area contributed by atoms with Crippen molar-refractivity contribution in [1.29, 1.82) is 0 Å². The summed E-state index contributed by atoms with van der Waals surface area (Å²) >= 11 is 12.9. The first-order valence-electron chi connectivity index (χ1n) is 34.2. The smallest absolute Gasteiger partial charge is 0.264 e. The number of allylic oxidation sites excluding steroid dienone is 2. The van der Waals surface area contributed by atoms with Crippen molar-refractivity contribution in [1.82, 2.24) is 19.4 Å². The lowest BCUT2D eigenvalue weighted by Crippen LogP contribution is -2.51. The Morgan fingerprint density at radius 3 is 1.34 bits per heavy atom. The summed E-state index contributed by atoms with van der Waals surface area (Å²) in [5, 5.41) is 24.9. The van der Waals surface area contributed by atoms with Crippen LogP contribution in [-0.2, 0) is 54.9 Å². The van der Waals surface area contributed by atoms with Crippen molar-refractivity contribution < 1.29 is 46.1 Å². The fraction of sp³-hybridized carbons (Fsp3) is 0.474. The van der Waals surface area contributed by atoms with Crippen molar-refractivity contribution >= 4 is 66.4 Å². The second-order valence-corrected chi connectivity index (χ2v) is 34.0. The number of nitrogens with zero attached hydrogens (tertiary/aromatic N) is 4. The zero-order chi connectivity index (χ0) is 67.7. The maximum Gasteiger partial charge on any atom is 0.264 e. The predicted molar refractivity (Wildman–Crippen MR) is 376 cm³/mol. The summed E-state index contributed by atoms with van der Waals surface area (Å²) in [6.45, 7) is 14.3. The van der Waals surface area contributed by atoms with Gasteiger partial charge in [-0.3, -0.25) is 19.6 Å². The van der Waals surface area contributed by atoms with E-state index in [-0.39, 0.29) is 57.5 Å². The number of hydrogen-bond donors (Lipinski definition) is 4. The number of benzene rings is 4. The van der Waals surface area contributed by atoms with Gasteiger partial charge in [0.05, 0.1) is 35.1 Å². The molecule has 20 heteroatoms. The number of anilines is 2. The second-order valence-electron chi connectivity index (χ2n) is 29.1. The number of halogens is 2. The van der Waals surface area contributed by atoms with Crippen LogP contribution in [0.1, 0.15) is 157 Å². The highest BCUT2D eigenvalue weighted by atomic mass is 35.5. The van der Waals surface area contributed by atoms with Gasteiger partial charge in [0, 0.05) is 105 Å². The number of ether oxygens (including phenoxy) is 2. The molecule has 0 unspecified atom stereocenters. The molecule has 2 aromatic heterocycles. The normalized spacial score (nSPS) is 32.1. The minimum Gasteiger partial charge on any atom is -0.490 e. The lowest BCUT2D eigenvalue weighted by atomic mass is 9.62. The molecule has 508 valence electrons. The SMILES string of the molecule is Cc1ccc([C@@]2(O)/C=C/C[C@H](C)[C@@H](C)S(=O)(=O)NC(=O)c3ccc4c(c3)N(C[C@@H]3CC[C@H]32)C[C@@]2(CCCc3cc(Cl)ccc32)CO4)cn1.Cc1ccc([C@]2(O)/C=C/C[C@H](C)[C@@H](C)S(=O)(=O)NC(=O)c3ccc4c(c3)N(C[C@@H]3CC[C@H]32)C[C@@]2(CCCc3cc(Cl)ccc32)CO4)cn1. The lowest BCUT2D eigenvalue weighted by molar-refractivity contribution is -0.0504. The van der Waals surface area contributed by atoms with Gasteiger partial charge in [-0.15, -0.1) is 0 Å². The van der Waals surface area contributed by atoms with E-state index in [1.807, 2.05) is 88.4 Å². The number of aliphatic hydroxyl groups is 2. The Balaban J connectivity index is 0.000000174. The molecule has 0 saturated heterocycles. The standard InChI is InChI=1S/2C38H44ClN3O5S/c2*1-24-6-4-17-38(44,30-11-8-25(2)40-20-30)33-13-9-29(33)21-42-22-37(16-5-7-27-18-31(39)12-14-32(27)37)23-47-35-15-10-28(19-34(35)42)36(43)41-48(45,46)26(24)3/h2*4,8,10-12,14-15,17-20,24,26,29,33,44H,5-7,9,13,16,21-23H2,1-3H3,(H,41,43)/b2*17-4+/t24-,26+,29-,33+,37-,38+;24-,26+,29-,33+,37-,38-/m00/s1. The number of hydrogen-bond acceptors (Lipinski definition) is 14. The Morgan fingerprint density at radius 2 is 0.969 bits per heavy atom. The number of nitrogens with one attached hydrogen (secondary N) is 2. The van der Waals surface area contributed by atoms with Crippen molar-refractivity contribution in [2.45, 2.75) is 151 Å². The number of fused-ring (bicyclic) bond motifs is 8. The van der Waals surface area contributed by atoms with Crippen LogP contribution in [0.4, 0.5) is 11.4 Å². The molecule has 96 heavy (non-hydrogen) atoms. The lowest BCUT2D eigenvalue weighted by Gasteiger charge is -2.49. The van der Waals surface area contributed by atoms with E-state index in [1.54, 1.807) is 62.6 Å². The second kappa shape index (κ2) is 26.5. The Kier molecular flexibility index (Phi) is 18.7. The van der Waals surface area contributed by atoms with E-state index in [2.05, 4.69) is 53.5 Å². The highest BCUT2D eigenvalue weighted by Crippen LogP contribution is 2.53. The van der Waals surface area contributed by atoms with Crippen LogP contribution in [0.5, 0.6) is 11.5 Å². The molecule has 0 radical (unpaired) electrons. The van der Waals surface area contributed by atoms with Gasteiger partial charge in [-0.25, -0.2) is 26.3 Å². The molecule has 12 atom stereocenters. The molecule has 4 aliphatic heterocycles. The monoisotopic (exact) mass is 1380 g/mol. The number of pyridine rings is 2. The van der Waals surface area contributed by atoms with Gasteiger partial charge in [0.15, 0.2) is 0 Å². The number of rotatable bonds is 2. The Hall–Kier alpha value is -6.80. The molecule has 2 spiro atoms. The van der Waals surface area contributed by atoms with Crippen LogP contribution < -0.4 is 28.7 Å². The summed E-state index contributed by atoms with van der Waals surface area (Å²) in [6, 6.07) is 30.5. The average molecular weight is 1380 g/mol. The third-order valence-corrected chi connectivity index (χ3v) is 27.3. The summed E-state index contributed by atoms with van der Waals surface area (Å²) in [5.41, 5.74) is 7.00. The molecule has 4 N–H and O–H groups in total. The number of aryl methyl sites for hydroxylation is 4. The molecule has 6 aromatic rings. The Bertz CT molecular complexity index is 4000. The van der Waals surface area contributed by atoms with Crippen LogP contribution in [0.3, 0.4) is 0 Å². The fourth-order valence-corrected chi connectivity index (χ4v) is 19.5. The summed E-state index contributed by atoms with van der Waals surface area (Å²) < 4.78 is 71.6. The molecule has 4 aliphatic carbocycles. The van der Waals surface area contributed by atoms with Crippen LogP contribution in [0.25, 0.3) is 0 Å². The molecule has 2 amide bonds. The number of amides is 2. The van der Waals surface area contributed by atoms with Gasteiger partial charge < -0.3 is 29.5 Å². The van der Waals surface area contributed by atoms with Crippen molar-refractivity contribution in [2.75, 3.05) is 49.2 Å². The minimum absolute atomic E-state index is 0.0878. The molecule has 8 aliphatic rings. The summed E-state index contributed by atoms with van der Waals surface area (Å²) in [6.07, 6.45) is 21.2. The largest absolute Gasteiger partial charge is 0.490 e. The zero-order valence-electron chi connectivity index (χ0n) is 55.6. The van der Waals surface area contributed by atoms with Crippen LogP contribution in [-0.4, -0.2) is 98.7 Å². The first-order valence-corrected chi connectivity index (χ1v) is 38.0. The van der Waals surface area contributed by atoms with Gasteiger partial charge in [0.25, 0.3) is 11.8 Å². The zero-order valence-corrected chi connectivity index (χ0v) is 58.7. The maximum absolute atomic E-state index is 13.5. The quantitative estimate of drug-likeness (QED) is 0.119. The third-order valence-electron chi connectivity index (χ3n) is 23.0. The number of carbonyl (C=O) groups excluding carboxylic acids is 2. The van der Waals surface area contributed by atoms with Gasteiger partial charge in [0.2, 0.25) is 20.0 Å². The topological polar surface area (TPSA) is 218 Å². The van der Waals surface area contributed by atoms with Gasteiger partial charge in [-0.05, 0) is 223 Å². The molecule has 4 bridgehead atoms. The van der Waals surface area contributed by atoms with Crippen LogP contribution in [0.15, 0.2) is 134 Å². The summed E-state index contributed by atoms with van der Waals surface area (Å²) in [4.78, 5) is 40.7. The minimum atomic E-state index is -3.99. The third kappa shape index (κ3) is 13.0. The molecule has 2 fully saturated rings. The van der Waals surface area contributed by atoms with E-state index in [4.69, 9.17) is 32.7 Å². The summed E-state index contributed by atoms with van der Waals surface area (Å²) in [7, 11) is -7.99. The van der Waals surface area contributed by atoms with E-state index in [1.165, 1.54) is 22.3 Å². The van der Waals surface area contributed by atoms with Crippen molar-refractivity contribution in [3.63, 3.8) is 0 Å². The Labute approximate surface area is 575 Å². The van der Waals surface area contributed by atoms with Gasteiger partial charge in [-0.1, -0.05) is 85.6 Å². The summed E-state index contributed by atoms with van der Waals surface area (Å²) in [5.74, 6) is -0.509. The van der Waals surface area contributed by atoms with Crippen molar-refractivity contribution in [3.05, 3.63) is 200 Å². The highest BCUT2D eigenvalue weighted by Gasteiger charge is 2.52.